The normalized spacial score (nSPS) is 20.2. The van der Waals surface area contributed by atoms with Crippen LogP contribution in [0.2, 0.25) is 5.02 Å². The van der Waals surface area contributed by atoms with Crippen molar-refractivity contribution in [3.63, 3.8) is 0 Å². The van der Waals surface area contributed by atoms with Crippen LogP contribution in [-0.4, -0.2) is 43.3 Å². The maximum absolute atomic E-state index is 12.8. The highest BCUT2D eigenvalue weighted by molar-refractivity contribution is 7.89. The van der Waals surface area contributed by atoms with Crippen molar-refractivity contribution in [2.75, 3.05) is 19.6 Å². The third-order valence-electron chi connectivity index (χ3n) is 4.59. The molecule has 3 rings (SSSR count). The first-order chi connectivity index (χ1) is 11.4. The van der Waals surface area contributed by atoms with Crippen molar-refractivity contribution in [3.8, 4) is 0 Å². The average molecular weight is 374 g/mol. The minimum atomic E-state index is -3.98. The van der Waals surface area contributed by atoms with Crippen LogP contribution in [0.4, 0.5) is 5.69 Å². The first kappa shape index (κ1) is 17.6. The molecule has 1 saturated heterocycles. The largest absolute Gasteiger partial charge is 0.314 e. The standard InChI is InChI=1S/C15H20ClN3O4S/c16-13-2-1-3-14(19(20)21)15(13)24(22,23)18-8-6-12(7-9-18)17-10-11-4-5-11/h1-3,11-12,17H,4-10H2. The number of hydrogen-bond donors (Lipinski definition) is 1. The van der Waals surface area contributed by atoms with Crippen molar-refractivity contribution in [1.82, 2.24) is 9.62 Å². The van der Waals surface area contributed by atoms with Crippen LogP contribution in [-0.2, 0) is 10.0 Å². The Bertz CT molecular complexity index is 728. The van der Waals surface area contributed by atoms with Gasteiger partial charge in [0.05, 0.1) is 9.95 Å². The third-order valence-corrected chi connectivity index (χ3v) is 7.00. The second-order valence-electron chi connectivity index (χ2n) is 6.38. The number of piperidine rings is 1. The maximum Gasteiger partial charge on any atom is 0.290 e. The Labute approximate surface area is 146 Å². The fraction of sp³-hybridized carbons (Fsp3) is 0.600. The van der Waals surface area contributed by atoms with Crippen LogP contribution in [0, 0.1) is 16.0 Å². The van der Waals surface area contributed by atoms with Crippen molar-refractivity contribution in [2.45, 2.75) is 36.6 Å². The summed E-state index contributed by atoms with van der Waals surface area (Å²) in [4.78, 5) is 10.1. The van der Waals surface area contributed by atoms with Crippen molar-refractivity contribution in [2.24, 2.45) is 5.92 Å². The van der Waals surface area contributed by atoms with Gasteiger partial charge in [0.15, 0.2) is 4.90 Å². The van der Waals surface area contributed by atoms with Gasteiger partial charge in [0.25, 0.3) is 15.7 Å². The van der Waals surface area contributed by atoms with E-state index in [1.807, 2.05) is 0 Å². The Hall–Kier alpha value is -1.22. The van der Waals surface area contributed by atoms with Gasteiger partial charge in [-0.25, -0.2) is 8.42 Å². The molecule has 0 amide bonds. The van der Waals surface area contributed by atoms with Crippen LogP contribution in [0.1, 0.15) is 25.7 Å². The molecule has 1 aliphatic carbocycles. The van der Waals surface area contributed by atoms with Crippen LogP contribution >= 0.6 is 11.6 Å². The molecule has 0 atom stereocenters. The summed E-state index contributed by atoms with van der Waals surface area (Å²) in [5.41, 5.74) is -0.475. The molecule has 132 valence electrons. The number of nitro groups is 1. The zero-order valence-electron chi connectivity index (χ0n) is 13.2. The number of nitrogens with one attached hydrogen (secondary N) is 1. The van der Waals surface area contributed by atoms with Gasteiger partial charge in [-0.15, -0.1) is 0 Å². The van der Waals surface area contributed by atoms with Gasteiger partial charge in [-0.2, -0.15) is 4.31 Å². The van der Waals surface area contributed by atoms with Crippen molar-refractivity contribution in [3.05, 3.63) is 33.3 Å². The number of rotatable bonds is 6. The van der Waals surface area contributed by atoms with Gasteiger partial charge in [0, 0.05) is 25.2 Å². The van der Waals surface area contributed by atoms with E-state index in [9.17, 15) is 18.5 Å². The smallest absolute Gasteiger partial charge is 0.290 e. The summed E-state index contributed by atoms with van der Waals surface area (Å²) in [7, 11) is -3.98. The summed E-state index contributed by atoms with van der Waals surface area (Å²) in [5, 5.41) is 14.5. The first-order valence-corrected chi connectivity index (χ1v) is 9.88. The van der Waals surface area contributed by atoms with E-state index >= 15 is 0 Å². The SMILES string of the molecule is O=[N+]([O-])c1cccc(Cl)c1S(=O)(=O)N1CCC(NCC2CC2)CC1. The van der Waals surface area contributed by atoms with E-state index in [0.717, 1.165) is 12.5 Å². The molecule has 1 heterocycles. The van der Waals surface area contributed by atoms with E-state index in [1.165, 1.54) is 35.3 Å². The Morgan fingerprint density at radius 1 is 1.25 bits per heavy atom. The second-order valence-corrected chi connectivity index (χ2v) is 8.66. The molecule has 0 bridgehead atoms. The van der Waals surface area contributed by atoms with E-state index < -0.39 is 25.5 Å². The molecule has 0 aromatic heterocycles. The topological polar surface area (TPSA) is 92.5 Å². The van der Waals surface area contributed by atoms with E-state index in [0.29, 0.717) is 32.0 Å². The Balaban J connectivity index is 1.73. The molecular formula is C15H20ClN3O4S. The highest BCUT2D eigenvalue weighted by atomic mass is 35.5. The number of halogens is 1. The lowest BCUT2D eigenvalue weighted by Crippen LogP contribution is -2.45. The maximum atomic E-state index is 12.8. The summed E-state index contributed by atoms with van der Waals surface area (Å²) < 4.78 is 27.0. The number of sulfonamides is 1. The molecule has 1 N–H and O–H groups in total. The Kier molecular flexibility index (Phi) is 5.10. The molecule has 0 unspecified atom stereocenters. The Morgan fingerprint density at radius 3 is 2.50 bits per heavy atom. The van der Waals surface area contributed by atoms with Crippen LogP contribution in [0.25, 0.3) is 0 Å². The molecule has 1 saturated carbocycles. The quantitative estimate of drug-likeness (QED) is 0.610. The minimum Gasteiger partial charge on any atom is -0.314 e. The van der Waals surface area contributed by atoms with Gasteiger partial charge < -0.3 is 5.32 Å². The number of benzene rings is 1. The average Bonchev–Trinajstić information content (AvgIpc) is 3.37. The molecule has 0 radical (unpaired) electrons. The van der Waals surface area contributed by atoms with Gasteiger partial charge in [0.1, 0.15) is 0 Å². The zero-order valence-corrected chi connectivity index (χ0v) is 14.7. The fourth-order valence-corrected chi connectivity index (χ4v) is 5.11. The second kappa shape index (κ2) is 6.95. The molecule has 9 heteroatoms. The van der Waals surface area contributed by atoms with Gasteiger partial charge in [-0.1, -0.05) is 17.7 Å². The highest BCUT2D eigenvalue weighted by Gasteiger charge is 2.36. The lowest BCUT2D eigenvalue weighted by molar-refractivity contribution is -0.387. The van der Waals surface area contributed by atoms with Gasteiger partial charge in [-0.05, 0) is 44.2 Å². The van der Waals surface area contributed by atoms with E-state index in [4.69, 9.17) is 11.6 Å². The predicted molar refractivity (Wildman–Crippen MR) is 90.6 cm³/mol. The predicted octanol–water partition coefficient (Wildman–Crippen LogP) is 2.40. The van der Waals surface area contributed by atoms with Crippen LogP contribution < -0.4 is 5.32 Å². The molecule has 2 aliphatic rings. The molecule has 1 aliphatic heterocycles. The van der Waals surface area contributed by atoms with E-state index in [1.54, 1.807) is 0 Å². The van der Waals surface area contributed by atoms with Crippen LogP contribution in [0.5, 0.6) is 0 Å². The molecule has 0 spiro atoms. The van der Waals surface area contributed by atoms with Crippen molar-refractivity contribution in [1.29, 1.82) is 0 Å². The molecule has 7 nitrogen and oxygen atoms in total. The third kappa shape index (κ3) is 3.72. The number of hydrogen-bond acceptors (Lipinski definition) is 5. The van der Waals surface area contributed by atoms with Crippen molar-refractivity contribution >= 4 is 27.3 Å². The Morgan fingerprint density at radius 2 is 1.92 bits per heavy atom. The van der Waals surface area contributed by atoms with Crippen LogP contribution in [0.3, 0.4) is 0 Å². The van der Waals surface area contributed by atoms with Gasteiger partial charge in [-0.3, -0.25) is 10.1 Å². The van der Waals surface area contributed by atoms with Crippen molar-refractivity contribution < 1.29 is 13.3 Å². The summed E-state index contributed by atoms with van der Waals surface area (Å²) >= 11 is 5.97. The highest BCUT2D eigenvalue weighted by Crippen LogP contribution is 2.34. The molecular weight excluding hydrogens is 354 g/mol. The molecule has 24 heavy (non-hydrogen) atoms. The number of nitrogens with zero attached hydrogens (tertiary/aromatic N) is 2. The lowest BCUT2D eigenvalue weighted by atomic mass is 10.1. The molecule has 1 aromatic carbocycles. The summed E-state index contributed by atoms with van der Waals surface area (Å²) in [6, 6.07) is 4.22. The van der Waals surface area contributed by atoms with E-state index in [-0.39, 0.29) is 5.02 Å². The lowest BCUT2D eigenvalue weighted by Gasteiger charge is -2.31. The number of nitro benzene ring substituents is 1. The fourth-order valence-electron chi connectivity index (χ4n) is 2.98. The van der Waals surface area contributed by atoms with Gasteiger partial charge >= 0.3 is 0 Å². The van der Waals surface area contributed by atoms with Gasteiger partial charge in [0.2, 0.25) is 0 Å². The zero-order chi connectivity index (χ0) is 17.3. The van der Waals surface area contributed by atoms with E-state index in [2.05, 4.69) is 5.32 Å². The monoisotopic (exact) mass is 373 g/mol. The first-order valence-electron chi connectivity index (χ1n) is 8.06. The minimum absolute atomic E-state index is 0.113. The molecule has 2 fully saturated rings. The summed E-state index contributed by atoms with van der Waals surface area (Å²) in [6.07, 6.45) is 3.95. The summed E-state index contributed by atoms with van der Waals surface area (Å²) in [5.74, 6) is 0.775. The summed E-state index contributed by atoms with van der Waals surface area (Å²) in [6.45, 7) is 1.67. The van der Waals surface area contributed by atoms with Crippen LogP contribution in [0.15, 0.2) is 23.1 Å². The molecule has 1 aromatic rings.